The topological polar surface area (TPSA) is 66.9 Å². The van der Waals surface area contributed by atoms with E-state index < -0.39 is 0 Å². The molecule has 1 amide bonds. The number of aryl methyl sites for hydroxylation is 1. The molecule has 24 heavy (non-hydrogen) atoms. The highest BCUT2D eigenvalue weighted by atomic mass is 127. The van der Waals surface area contributed by atoms with Gasteiger partial charge in [-0.2, -0.15) is 8.75 Å². The first-order chi connectivity index (χ1) is 11.5. The molecule has 0 radical (unpaired) electrons. The van der Waals surface area contributed by atoms with Crippen molar-refractivity contribution >= 4 is 85.9 Å². The van der Waals surface area contributed by atoms with Crippen molar-refractivity contribution in [3.63, 3.8) is 0 Å². The van der Waals surface area contributed by atoms with Crippen LogP contribution in [0.5, 0.6) is 0 Å². The Morgan fingerprint density at radius 2 is 2.08 bits per heavy atom. The number of anilines is 1. The summed E-state index contributed by atoms with van der Waals surface area (Å²) in [5.74, 6) is -0.364. The van der Waals surface area contributed by atoms with Crippen LogP contribution in [-0.4, -0.2) is 19.8 Å². The van der Waals surface area contributed by atoms with Gasteiger partial charge in [-0.05, 0) is 71.6 Å². The maximum absolute atomic E-state index is 12.4. The number of halogens is 2. The predicted molar refractivity (Wildman–Crippen MR) is 110 cm³/mol. The number of benzene rings is 2. The van der Waals surface area contributed by atoms with Gasteiger partial charge in [0.1, 0.15) is 11.0 Å². The molecule has 0 fully saturated rings. The third kappa shape index (κ3) is 3.66. The SMILES string of the molecule is Cc1ccc2nsnc2c1NC(=S)NC(=O)c1cc(I)ccc1Cl. The minimum absolute atomic E-state index is 0.179. The molecule has 3 aromatic rings. The van der Waals surface area contributed by atoms with Gasteiger partial charge in [0, 0.05) is 3.57 Å². The quantitative estimate of drug-likeness (QED) is 0.414. The highest BCUT2D eigenvalue weighted by Gasteiger charge is 2.15. The first-order valence-electron chi connectivity index (χ1n) is 6.75. The zero-order valence-corrected chi connectivity index (χ0v) is 16.8. The molecule has 5 nitrogen and oxygen atoms in total. The minimum atomic E-state index is -0.364. The number of amides is 1. The third-order valence-electron chi connectivity index (χ3n) is 3.27. The van der Waals surface area contributed by atoms with Gasteiger partial charge in [-0.15, -0.1) is 0 Å². The van der Waals surface area contributed by atoms with E-state index in [-0.39, 0.29) is 11.0 Å². The van der Waals surface area contributed by atoms with Gasteiger partial charge in [-0.1, -0.05) is 17.7 Å². The summed E-state index contributed by atoms with van der Waals surface area (Å²) in [7, 11) is 0. The summed E-state index contributed by atoms with van der Waals surface area (Å²) >= 11 is 14.6. The average molecular weight is 489 g/mol. The van der Waals surface area contributed by atoms with Crippen LogP contribution in [-0.2, 0) is 0 Å². The zero-order chi connectivity index (χ0) is 17.3. The number of fused-ring (bicyclic) bond motifs is 1. The van der Waals surface area contributed by atoms with Gasteiger partial charge in [-0.25, -0.2) is 0 Å². The Balaban J connectivity index is 1.80. The number of thiocarbonyl (C=S) groups is 1. The molecule has 0 aliphatic carbocycles. The predicted octanol–water partition coefficient (Wildman–Crippen LogP) is 4.38. The largest absolute Gasteiger partial charge is 0.330 e. The van der Waals surface area contributed by atoms with Crippen molar-refractivity contribution in [2.24, 2.45) is 0 Å². The van der Waals surface area contributed by atoms with Gasteiger partial charge in [0.05, 0.1) is 28.0 Å². The lowest BCUT2D eigenvalue weighted by Crippen LogP contribution is -2.34. The number of aromatic nitrogens is 2. The Bertz CT molecular complexity index is 960. The molecular weight excluding hydrogens is 479 g/mol. The van der Waals surface area contributed by atoms with Gasteiger partial charge < -0.3 is 5.32 Å². The molecule has 0 saturated heterocycles. The van der Waals surface area contributed by atoms with E-state index in [1.165, 1.54) is 0 Å². The van der Waals surface area contributed by atoms with Gasteiger partial charge in [0.15, 0.2) is 5.11 Å². The Morgan fingerprint density at radius 3 is 2.88 bits per heavy atom. The molecule has 0 spiro atoms. The maximum atomic E-state index is 12.4. The minimum Gasteiger partial charge on any atom is -0.330 e. The molecule has 0 saturated carbocycles. The monoisotopic (exact) mass is 488 g/mol. The Labute approximate surface area is 166 Å². The number of carbonyl (C=O) groups excluding carboxylic acids is 1. The van der Waals surface area contributed by atoms with Crippen LogP contribution in [0.1, 0.15) is 15.9 Å². The summed E-state index contributed by atoms with van der Waals surface area (Å²) in [4.78, 5) is 12.4. The number of carbonyl (C=O) groups is 1. The summed E-state index contributed by atoms with van der Waals surface area (Å²) in [5.41, 5.74) is 3.57. The smallest absolute Gasteiger partial charge is 0.258 e. The summed E-state index contributed by atoms with van der Waals surface area (Å²) < 4.78 is 9.38. The fraction of sp³-hybridized carbons (Fsp3) is 0.0667. The Morgan fingerprint density at radius 1 is 1.29 bits per heavy atom. The highest BCUT2D eigenvalue weighted by molar-refractivity contribution is 14.1. The van der Waals surface area contributed by atoms with E-state index in [4.69, 9.17) is 23.8 Å². The lowest BCUT2D eigenvalue weighted by Gasteiger charge is -2.12. The van der Waals surface area contributed by atoms with Crippen molar-refractivity contribution in [1.82, 2.24) is 14.1 Å². The lowest BCUT2D eigenvalue weighted by molar-refractivity contribution is 0.0978. The van der Waals surface area contributed by atoms with E-state index >= 15 is 0 Å². The van der Waals surface area contributed by atoms with Crippen LogP contribution < -0.4 is 10.6 Å². The average Bonchev–Trinajstić information content (AvgIpc) is 3.01. The second-order valence-corrected chi connectivity index (χ2v) is 7.51. The van der Waals surface area contributed by atoms with E-state index in [0.29, 0.717) is 10.6 Å². The van der Waals surface area contributed by atoms with Crippen LogP contribution in [0.15, 0.2) is 30.3 Å². The molecule has 0 aliphatic heterocycles. The number of hydrogen-bond donors (Lipinski definition) is 2. The lowest BCUT2D eigenvalue weighted by atomic mass is 10.1. The highest BCUT2D eigenvalue weighted by Crippen LogP contribution is 2.25. The van der Waals surface area contributed by atoms with Crippen molar-refractivity contribution in [1.29, 1.82) is 0 Å². The van der Waals surface area contributed by atoms with E-state index in [0.717, 1.165) is 37.6 Å². The Hall–Kier alpha value is -1.36. The molecule has 9 heteroatoms. The number of rotatable bonds is 2. The van der Waals surface area contributed by atoms with Crippen LogP contribution in [0.3, 0.4) is 0 Å². The Kier molecular flexibility index (Phi) is 5.28. The normalized spacial score (nSPS) is 10.6. The zero-order valence-electron chi connectivity index (χ0n) is 12.3. The second-order valence-electron chi connectivity index (χ2n) is 4.92. The van der Waals surface area contributed by atoms with Gasteiger partial charge in [0.2, 0.25) is 0 Å². The summed E-state index contributed by atoms with van der Waals surface area (Å²) in [5, 5.41) is 6.23. The van der Waals surface area contributed by atoms with Crippen LogP contribution in [0.4, 0.5) is 5.69 Å². The van der Waals surface area contributed by atoms with Gasteiger partial charge >= 0.3 is 0 Å². The molecule has 0 unspecified atom stereocenters. The van der Waals surface area contributed by atoms with Crippen molar-refractivity contribution in [2.45, 2.75) is 6.92 Å². The summed E-state index contributed by atoms with van der Waals surface area (Å²) in [6.07, 6.45) is 0. The molecule has 2 aromatic carbocycles. The number of hydrogen-bond acceptors (Lipinski definition) is 5. The van der Waals surface area contributed by atoms with Crippen LogP contribution in [0, 0.1) is 10.5 Å². The third-order valence-corrected chi connectivity index (χ3v) is 5.02. The molecule has 1 heterocycles. The van der Waals surface area contributed by atoms with Crippen LogP contribution in [0.25, 0.3) is 11.0 Å². The van der Waals surface area contributed by atoms with Crippen molar-refractivity contribution in [3.8, 4) is 0 Å². The van der Waals surface area contributed by atoms with Gasteiger partial charge in [0.25, 0.3) is 5.91 Å². The molecule has 2 N–H and O–H groups in total. The summed E-state index contributed by atoms with van der Waals surface area (Å²) in [6, 6.07) is 9.03. The molecule has 0 aliphatic rings. The fourth-order valence-corrected chi connectivity index (χ4v) is 3.53. The van der Waals surface area contributed by atoms with Crippen molar-refractivity contribution in [3.05, 3.63) is 50.1 Å². The van der Waals surface area contributed by atoms with Crippen molar-refractivity contribution in [2.75, 3.05) is 5.32 Å². The fourth-order valence-electron chi connectivity index (χ4n) is 2.10. The molecule has 1 aromatic heterocycles. The van der Waals surface area contributed by atoms with Crippen molar-refractivity contribution < 1.29 is 4.79 Å². The van der Waals surface area contributed by atoms with Gasteiger partial charge in [-0.3, -0.25) is 10.1 Å². The first-order valence-corrected chi connectivity index (χ1v) is 9.34. The van der Waals surface area contributed by atoms with Crippen LogP contribution >= 0.6 is 58.1 Å². The van der Waals surface area contributed by atoms with E-state index in [1.54, 1.807) is 12.1 Å². The van der Waals surface area contributed by atoms with E-state index in [1.807, 2.05) is 25.1 Å². The number of nitrogens with one attached hydrogen (secondary N) is 2. The molecule has 3 rings (SSSR count). The molecule has 0 atom stereocenters. The molecule has 0 bridgehead atoms. The number of nitrogens with zero attached hydrogens (tertiary/aromatic N) is 2. The standard InChI is InChI=1S/C15H10ClIN4OS2/c1-7-2-5-11-13(21-24-20-11)12(7)18-15(23)19-14(22)9-6-8(17)3-4-10(9)16/h2-6H,1H3,(H2,18,19,22,23). The molecule has 122 valence electrons. The van der Waals surface area contributed by atoms with E-state index in [9.17, 15) is 4.79 Å². The molecular formula is C15H10ClIN4OS2. The van der Waals surface area contributed by atoms with E-state index in [2.05, 4.69) is 42.0 Å². The van der Waals surface area contributed by atoms with Crippen LogP contribution in [0.2, 0.25) is 5.02 Å². The second kappa shape index (κ2) is 7.26. The first kappa shape index (κ1) is 17.5. The summed E-state index contributed by atoms with van der Waals surface area (Å²) in [6.45, 7) is 1.93. The maximum Gasteiger partial charge on any atom is 0.258 e.